The van der Waals surface area contributed by atoms with Crippen molar-refractivity contribution in [2.24, 2.45) is 0 Å². The number of amidine groups is 1. The Hall–Kier alpha value is -1.97. The maximum absolute atomic E-state index is 7.82. The zero-order valence-corrected chi connectivity index (χ0v) is 14.7. The predicted octanol–water partition coefficient (Wildman–Crippen LogP) is 3.75. The van der Waals surface area contributed by atoms with E-state index in [0.717, 1.165) is 31.6 Å². The molecule has 0 fully saturated rings. The second-order valence-electron chi connectivity index (χ2n) is 6.54. The summed E-state index contributed by atoms with van der Waals surface area (Å²) in [5, 5.41) is 14.8. The molecular weight excluding hydrogens is 284 g/mol. The standard InChI is InChI=1S/C19H30N4/c1-5-10-23(16(4)20)13-15(3)21-12-17-7-9-18-8-6-14(2)22-19(18)11-17/h7,9,11,14,20-22H,3,5-6,8,10,12-13H2,1-2,4H3. The first-order valence-corrected chi connectivity index (χ1v) is 8.59. The zero-order valence-electron chi connectivity index (χ0n) is 14.7. The summed E-state index contributed by atoms with van der Waals surface area (Å²) in [6, 6.07) is 7.23. The number of hydrogen-bond acceptors (Lipinski definition) is 3. The van der Waals surface area contributed by atoms with E-state index >= 15 is 0 Å². The van der Waals surface area contributed by atoms with Crippen LogP contribution in [-0.4, -0.2) is 29.9 Å². The SMILES string of the molecule is C=C(CN(CCC)C(C)=N)NCc1ccc2c(c1)NC(C)CC2. The van der Waals surface area contributed by atoms with E-state index in [4.69, 9.17) is 5.41 Å². The molecule has 1 aliphatic rings. The predicted molar refractivity (Wildman–Crippen MR) is 99.1 cm³/mol. The third-order valence-electron chi connectivity index (χ3n) is 4.31. The highest BCUT2D eigenvalue weighted by Gasteiger charge is 2.14. The summed E-state index contributed by atoms with van der Waals surface area (Å²) in [6.07, 6.45) is 3.41. The van der Waals surface area contributed by atoms with Gasteiger partial charge in [-0.15, -0.1) is 0 Å². The van der Waals surface area contributed by atoms with Crippen LogP contribution >= 0.6 is 0 Å². The van der Waals surface area contributed by atoms with Crippen molar-refractivity contribution in [3.8, 4) is 0 Å². The Morgan fingerprint density at radius 3 is 2.96 bits per heavy atom. The van der Waals surface area contributed by atoms with Crippen LogP contribution in [0.3, 0.4) is 0 Å². The summed E-state index contributed by atoms with van der Waals surface area (Å²) in [4.78, 5) is 2.05. The van der Waals surface area contributed by atoms with Gasteiger partial charge in [-0.3, -0.25) is 5.41 Å². The number of fused-ring (bicyclic) bond motifs is 1. The number of nitrogens with zero attached hydrogens (tertiary/aromatic N) is 1. The van der Waals surface area contributed by atoms with E-state index in [2.05, 4.69) is 49.3 Å². The molecule has 0 saturated carbocycles. The van der Waals surface area contributed by atoms with Crippen molar-refractivity contribution < 1.29 is 0 Å². The van der Waals surface area contributed by atoms with E-state index in [0.29, 0.717) is 18.4 Å². The Labute approximate surface area is 140 Å². The lowest BCUT2D eigenvalue weighted by Gasteiger charge is -2.26. The molecule has 3 N–H and O–H groups in total. The van der Waals surface area contributed by atoms with Gasteiger partial charge in [0, 0.05) is 30.5 Å². The summed E-state index contributed by atoms with van der Waals surface area (Å²) in [7, 11) is 0. The van der Waals surface area contributed by atoms with E-state index in [-0.39, 0.29) is 0 Å². The average Bonchev–Trinajstić information content (AvgIpc) is 2.52. The molecule has 1 aliphatic heterocycles. The molecule has 1 heterocycles. The van der Waals surface area contributed by atoms with Crippen LogP contribution in [0.5, 0.6) is 0 Å². The first kappa shape index (κ1) is 17.4. The highest BCUT2D eigenvalue weighted by atomic mass is 15.2. The van der Waals surface area contributed by atoms with Crippen LogP contribution in [0.2, 0.25) is 0 Å². The quantitative estimate of drug-likeness (QED) is 0.531. The lowest BCUT2D eigenvalue weighted by atomic mass is 9.97. The van der Waals surface area contributed by atoms with E-state index in [1.165, 1.54) is 23.2 Å². The summed E-state index contributed by atoms with van der Waals surface area (Å²) < 4.78 is 0. The fraction of sp³-hybridized carbons (Fsp3) is 0.526. The van der Waals surface area contributed by atoms with Gasteiger partial charge in [0.1, 0.15) is 0 Å². The molecule has 0 aromatic heterocycles. The highest BCUT2D eigenvalue weighted by molar-refractivity contribution is 5.76. The lowest BCUT2D eigenvalue weighted by molar-refractivity contribution is 0.433. The number of rotatable bonds is 7. The largest absolute Gasteiger partial charge is 0.383 e. The Morgan fingerprint density at radius 2 is 2.26 bits per heavy atom. The van der Waals surface area contributed by atoms with E-state index in [9.17, 15) is 0 Å². The van der Waals surface area contributed by atoms with Gasteiger partial charge in [-0.1, -0.05) is 25.6 Å². The van der Waals surface area contributed by atoms with Crippen molar-refractivity contribution >= 4 is 11.5 Å². The topological polar surface area (TPSA) is 51.2 Å². The Balaban J connectivity index is 1.89. The monoisotopic (exact) mass is 314 g/mol. The second kappa shape index (κ2) is 8.04. The molecule has 1 aromatic carbocycles. The Kier molecular flexibility index (Phi) is 6.08. The fourth-order valence-electron chi connectivity index (χ4n) is 2.94. The molecule has 4 nitrogen and oxygen atoms in total. The molecule has 0 radical (unpaired) electrons. The number of benzene rings is 1. The van der Waals surface area contributed by atoms with E-state index in [1.807, 2.05) is 11.8 Å². The normalized spacial score (nSPS) is 16.2. The van der Waals surface area contributed by atoms with Crippen molar-refractivity contribution in [1.29, 1.82) is 5.41 Å². The van der Waals surface area contributed by atoms with Gasteiger partial charge >= 0.3 is 0 Å². The van der Waals surface area contributed by atoms with Crippen LogP contribution in [-0.2, 0) is 13.0 Å². The van der Waals surface area contributed by atoms with Crippen molar-refractivity contribution in [2.45, 2.75) is 52.6 Å². The van der Waals surface area contributed by atoms with Crippen molar-refractivity contribution in [2.75, 3.05) is 18.4 Å². The molecule has 1 atom stereocenters. The summed E-state index contributed by atoms with van der Waals surface area (Å²) in [5.41, 5.74) is 4.92. The molecule has 0 bridgehead atoms. The maximum atomic E-state index is 7.82. The van der Waals surface area contributed by atoms with Crippen molar-refractivity contribution in [3.63, 3.8) is 0 Å². The lowest BCUT2D eigenvalue weighted by Crippen LogP contribution is -2.34. The van der Waals surface area contributed by atoms with E-state index in [1.54, 1.807) is 0 Å². The molecule has 1 unspecified atom stereocenters. The molecule has 0 aliphatic carbocycles. The van der Waals surface area contributed by atoms with Gasteiger partial charge in [-0.2, -0.15) is 0 Å². The van der Waals surface area contributed by atoms with Crippen molar-refractivity contribution in [1.82, 2.24) is 10.2 Å². The third-order valence-corrected chi connectivity index (χ3v) is 4.31. The number of anilines is 1. The molecule has 1 aromatic rings. The molecular formula is C19H30N4. The summed E-state index contributed by atoms with van der Waals surface area (Å²) in [5.74, 6) is 0.599. The van der Waals surface area contributed by atoms with E-state index < -0.39 is 0 Å². The Morgan fingerprint density at radius 1 is 1.48 bits per heavy atom. The van der Waals surface area contributed by atoms with Gasteiger partial charge in [0.15, 0.2) is 0 Å². The second-order valence-corrected chi connectivity index (χ2v) is 6.54. The minimum absolute atomic E-state index is 0.554. The molecule has 0 spiro atoms. The first-order valence-electron chi connectivity index (χ1n) is 8.59. The van der Waals surface area contributed by atoms with Crippen LogP contribution in [0, 0.1) is 5.41 Å². The molecule has 23 heavy (non-hydrogen) atoms. The van der Waals surface area contributed by atoms with Crippen molar-refractivity contribution in [3.05, 3.63) is 41.6 Å². The number of nitrogens with one attached hydrogen (secondary N) is 3. The van der Waals surface area contributed by atoms with Gasteiger partial charge in [0.2, 0.25) is 0 Å². The molecule has 2 rings (SSSR count). The van der Waals surface area contributed by atoms with Crippen LogP contribution in [0.1, 0.15) is 44.7 Å². The summed E-state index contributed by atoms with van der Waals surface area (Å²) in [6.45, 7) is 12.7. The molecule has 0 saturated heterocycles. The van der Waals surface area contributed by atoms with Crippen LogP contribution in [0.4, 0.5) is 5.69 Å². The minimum atomic E-state index is 0.554. The van der Waals surface area contributed by atoms with Crippen LogP contribution in [0.15, 0.2) is 30.5 Å². The average molecular weight is 314 g/mol. The first-order chi connectivity index (χ1) is 11.0. The fourth-order valence-corrected chi connectivity index (χ4v) is 2.94. The van der Waals surface area contributed by atoms with Crippen LogP contribution < -0.4 is 10.6 Å². The number of hydrogen-bond donors (Lipinski definition) is 3. The smallest absolute Gasteiger partial charge is 0.0929 e. The molecule has 4 heteroatoms. The third kappa shape index (κ3) is 5.02. The zero-order chi connectivity index (χ0) is 16.8. The molecule has 126 valence electrons. The molecule has 0 amide bonds. The van der Waals surface area contributed by atoms with Crippen LogP contribution in [0.25, 0.3) is 0 Å². The maximum Gasteiger partial charge on any atom is 0.0929 e. The Bertz CT molecular complexity index is 564. The number of aryl methyl sites for hydroxylation is 1. The van der Waals surface area contributed by atoms with Gasteiger partial charge < -0.3 is 15.5 Å². The van der Waals surface area contributed by atoms with Gasteiger partial charge in [-0.25, -0.2) is 0 Å². The van der Waals surface area contributed by atoms with Gasteiger partial charge in [0.05, 0.1) is 12.4 Å². The van der Waals surface area contributed by atoms with Gasteiger partial charge in [-0.05, 0) is 50.3 Å². The highest BCUT2D eigenvalue weighted by Crippen LogP contribution is 2.25. The minimum Gasteiger partial charge on any atom is -0.383 e. The van der Waals surface area contributed by atoms with Gasteiger partial charge in [0.25, 0.3) is 0 Å². The summed E-state index contributed by atoms with van der Waals surface area (Å²) >= 11 is 0.